The molecular formula is C17H18N4O. The van der Waals surface area contributed by atoms with Gasteiger partial charge in [0.15, 0.2) is 0 Å². The van der Waals surface area contributed by atoms with Crippen LogP contribution < -0.4 is 5.73 Å². The van der Waals surface area contributed by atoms with Gasteiger partial charge in [0.1, 0.15) is 22.5 Å². The Kier molecular flexibility index (Phi) is 3.89. The lowest BCUT2D eigenvalue weighted by atomic mass is 10.0. The Morgan fingerprint density at radius 1 is 1.18 bits per heavy atom. The summed E-state index contributed by atoms with van der Waals surface area (Å²) in [7, 11) is 0. The summed E-state index contributed by atoms with van der Waals surface area (Å²) in [5.41, 5.74) is 9.65. The third-order valence-electron chi connectivity index (χ3n) is 3.54. The van der Waals surface area contributed by atoms with Crippen molar-refractivity contribution in [3.63, 3.8) is 0 Å². The second-order valence-electron chi connectivity index (χ2n) is 5.08. The highest BCUT2D eigenvalue weighted by molar-refractivity contribution is 5.73. The van der Waals surface area contributed by atoms with Crippen LogP contribution in [0.4, 0.5) is 0 Å². The average molecular weight is 294 g/mol. The molecule has 112 valence electrons. The molecule has 3 N–H and O–H groups in total. The van der Waals surface area contributed by atoms with Gasteiger partial charge < -0.3 is 10.8 Å². The molecule has 1 heterocycles. The van der Waals surface area contributed by atoms with Crippen LogP contribution in [0.5, 0.6) is 5.75 Å². The number of hydrogen-bond acceptors (Lipinski definition) is 4. The summed E-state index contributed by atoms with van der Waals surface area (Å²) < 4.78 is 0. The SMILES string of the molecule is CC=CCc1cc(CN)cc(-n2nc3ccccc3n2)c1O. The Bertz CT molecular complexity index is 803. The Labute approximate surface area is 128 Å². The van der Waals surface area contributed by atoms with Crippen LogP contribution in [0.2, 0.25) is 0 Å². The second kappa shape index (κ2) is 5.99. The molecule has 0 aliphatic carbocycles. The highest BCUT2D eigenvalue weighted by atomic mass is 16.3. The summed E-state index contributed by atoms with van der Waals surface area (Å²) in [6, 6.07) is 11.4. The standard InChI is InChI=1S/C17H18N4O/c1-2-3-6-13-9-12(11-18)10-16(17(13)22)21-19-14-7-4-5-8-15(14)20-21/h2-5,7-10,22H,6,11,18H2,1H3. The van der Waals surface area contributed by atoms with E-state index in [2.05, 4.69) is 10.2 Å². The first-order chi connectivity index (χ1) is 10.7. The number of allylic oxidation sites excluding steroid dienone is 2. The maximum Gasteiger partial charge on any atom is 0.146 e. The van der Waals surface area contributed by atoms with Crippen LogP contribution >= 0.6 is 0 Å². The van der Waals surface area contributed by atoms with Crippen molar-refractivity contribution in [3.05, 3.63) is 59.7 Å². The van der Waals surface area contributed by atoms with E-state index in [1.54, 1.807) is 0 Å². The Morgan fingerprint density at radius 3 is 2.45 bits per heavy atom. The summed E-state index contributed by atoms with van der Waals surface area (Å²) in [5.74, 6) is 0.190. The zero-order valence-corrected chi connectivity index (χ0v) is 12.4. The monoisotopic (exact) mass is 294 g/mol. The number of nitrogens with zero attached hydrogens (tertiary/aromatic N) is 3. The van der Waals surface area contributed by atoms with Crippen molar-refractivity contribution in [2.75, 3.05) is 0 Å². The molecule has 0 radical (unpaired) electrons. The number of phenolic OH excluding ortho intramolecular Hbond substituents is 1. The van der Waals surface area contributed by atoms with Crippen LogP contribution in [0.25, 0.3) is 16.7 Å². The van der Waals surface area contributed by atoms with Crippen LogP contribution in [0, 0.1) is 0 Å². The highest BCUT2D eigenvalue weighted by Crippen LogP contribution is 2.28. The minimum absolute atomic E-state index is 0.190. The normalized spacial score (nSPS) is 11.5. The van der Waals surface area contributed by atoms with Gasteiger partial charge in [-0.25, -0.2) is 0 Å². The number of aromatic hydroxyl groups is 1. The fourth-order valence-corrected chi connectivity index (χ4v) is 2.38. The highest BCUT2D eigenvalue weighted by Gasteiger charge is 2.13. The number of aromatic nitrogens is 3. The van der Waals surface area contributed by atoms with Gasteiger partial charge in [-0.3, -0.25) is 0 Å². The number of fused-ring (bicyclic) bond motifs is 1. The molecule has 0 bridgehead atoms. The van der Waals surface area contributed by atoms with Crippen molar-refractivity contribution in [2.24, 2.45) is 5.73 Å². The predicted molar refractivity (Wildman–Crippen MR) is 86.9 cm³/mol. The predicted octanol–water partition coefficient (Wildman–Crippen LogP) is 2.70. The molecular weight excluding hydrogens is 276 g/mol. The lowest BCUT2D eigenvalue weighted by molar-refractivity contribution is 0.462. The summed E-state index contributed by atoms with van der Waals surface area (Å²) >= 11 is 0. The summed E-state index contributed by atoms with van der Waals surface area (Å²) in [4.78, 5) is 1.47. The Morgan fingerprint density at radius 2 is 1.86 bits per heavy atom. The van der Waals surface area contributed by atoms with Crippen molar-refractivity contribution < 1.29 is 5.11 Å². The molecule has 5 nitrogen and oxygen atoms in total. The van der Waals surface area contributed by atoms with Crippen LogP contribution in [0.1, 0.15) is 18.1 Å². The second-order valence-corrected chi connectivity index (χ2v) is 5.08. The smallest absolute Gasteiger partial charge is 0.146 e. The first-order valence-electron chi connectivity index (χ1n) is 7.21. The lowest BCUT2D eigenvalue weighted by Gasteiger charge is -2.10. The molecule has 5 heteroatoms. The minimum atomic E-state index is 0.190. The van der Waals surface area contributed by atoms with Gasteiger partial charge in [-0.15, -0.1) is 15.0 Å². The Hall–Kier alpha value is -2.66. The maximum absolute atomic E-state index is 10.5. The Balaban J connectivity index is 2.15. The van der Waals surface area contributed by atoms with E-state index in [-0.39, 0.29) is 5.75 Å². The number of rotatable bonds is 4. The lowest BCUT2D eigenvalue weighted by Crippen LogP contribution is -2.05. The van der Waals surface area contributed by atoms with E-state index >= 15 is 0 Å². The zero-order valence-electron chi connectivity index (χ0n) is 12.4. The van der Waals surface area contributed by atoms with Crippen LogP contribution in [-0.4, -0.2) is 20.1 Å². The van der Waals surface area contributed by atoms with Crippen LogP contribution in [0.3, 0.4) is 0 Å². The van der Waals surface area contributed by atoms with Crippen molar-refractivity contribution in [1.29, 1.82) is 0 Å². The molecule has 0 unspecified atom stereocenters. The largest absolute Gasteiger partial charge is 0.505 e. The third-order valence-corrected chi connectivity index (χ3v) is 3.54. The molecule has 22 heavy (non-hydrogen) atoms. The molecule has 0 aliphatic heterocycles. The maximum atomic E-state index is 10.5. The molecule has 0 amide bonds. The van der Waals surface area contributed by atoms with E-state index in [1.165, 1.54) is 4.80 Å². The van der Waals surface area contributed by atoms with Crippen LogP contribution in [0.15, 0.2) is 48.6 Å². The van der Waals surface area contributed by atoms with Gasteiger partial charge in [0, 0.05) is 12.1 Å². The molecule has 0 fully saturated rings. The summed E-state index contributed by atoms with van der Waals surface area (Å²) in [6.07, 6.45) is 4.59. The van der Waals surface area contributed by atoms with Crippen molar-refractivity contribution in [2.45, 2.75) is 19.9 Å². The van der Waals surface area contributed by atoms with Gasteiger partial charge in [0.25, 0.3) is 0 Å². The van der Waals surface area contributed by atoms with Gasteiger partial charge in [-0.2, -0.15) is 0 Å². The fourth-order valence-electron chi connectivity index (χ4n) is 2.38. The summed E-state index contributed by atoms with van der Waals surface area (Å²) in [6.45, 7) is 2.35. The van der Waals surface area contributed by atoms with Crippen molar-refractivity contribution in [3.8, 4) is 11.4 Å². The molecule has 0 saturated heterocycles. The van der Waals surface area contributed by atoms with E-state index < -0.39 is 0 Å². The van der Waals surface area contributed by atoms with E-state index in [9.17, 15) is 5.11 Å². The topological polar surface area (TPSA) is 77.0 Å². The van der Waals surface area contributed by atoms with Crippen molar-refractivity contribution in [1.82, 2.24) is 15.0 Å². The average Bonchev–Trinajstić information content (AvgIpc) is 2.97. The quantitative estimate of drug-likeness (QED) is 0.725. The van der Waals surface area contributed by atoms with E-state index in [4.69, 9.17) is 5.73 Å². The van der Waals surface area contributed by atoms with Crippen molar-refractivity contribution >= 4 is 11.0 Å². The molecule has 2 aromatic carbocycles. The minimum Gasteiger partial charge on any atom is -0.505 e. The molecule has 3 rings (SSSR count). The van der Waals surface area contributed by atoms with Gasteiger partial charge >= 0.3 is 0 Å². The van der Waals surface area contributed by atoms with Gasteiger partial charge in [0.2, 0.25) is 0 Å². The molecule has 1 aromatic heterocycles. The van der Waals surface area contributed by atoms with E-state index in [0.717, 1.165) is 22.2 Å². The number of hydrogen-bond donors (Lipinski definition) is 2. The zero-order chi connectivity index (χ0) is 15.5. The molecule has 0 saturated carbocycles. The third kappa shape index (κ3) is 2.58. The van der Waals surface area contributed by atoms with E-state index in [0.29, 0.717) is 18.7 Å². The molecule has 0 atom stereocenters. The first-order valence-corrected chi connectivity index (χ1v) is 7.21. The van der Waals surface area contributed by atoms with Gasteiger partial charge in [-0.05, 0) is 37.1 Å². The number of nitrogens with two attached hydrogens (primary N) is 1. The van der Waals surface area contributed by atoms with Gasteiger partial charge in [0.05, 0.1) is 0 Å². The fraction of sp³-hybridized carbons (Fsp3) is 0.176. The molecule has 0 spiro atoms. The summed E-state index contributed by atoms with van der Waals surface area (Å²) in [5, 5.41) is 19.4. The van der Waals surface area contributed by atoms with Crippen LogP contribution in [-0.2, 0) is 13.0 Å². The number of phenols is 1. The van der Waals surface area contributed by atoms with E-state index in [1.807, 2.05) is 55.5 Å². The molecule has 0 aliphatic rings. The molecule has 3 aromatic rings. The van der Waals surface area contributed by atoms with Gasteiger partial charge in [-0.1, -0.05) is 30.4 Å². The number of benzene rings is 2. The first kappa shape index (κ1) is 14.3.